The van der Waals surface area contributed by atoms with Gasteiger partial charge in [-0.15, -0.1) is 0 Å². The van der Waals surface area contributed by atoms with E-state index in [1.54, 1.807) is 6.08 Å². The molecule has 0 heterocycles. The van der Waals surface area contributed by atoms with Crippen LogP contribution in [0.1, 0.15) is 44.6 Å². The first-order chi connectivity index (χ1) is 9.22. The van der Waals surface area contributed by atoms with E-state index in [1.807, 2.05) is 18.2 Å². The van der Waals surface area contributed by atoms with Gasteiger partial charge >= 0.3 is 0 Å². The molecule has 1 atom stereocenters. The number of hydrogen-bond acceptors (Lipinski definition) is 2. The number of allylic oxidation sites excluding steroid dienone is 1. The van der Waals surface area contributed by atoms with E-state index in [0.29, 0.717) is 0 Å². The van der Waals surface area contributed by atoms with E-state index in [9.17, 15) is 10.1 Å². The third-order valence-electron chi connectivity index (χ3n) is 3.25. The molecule has 1 rings (SSSR count). The Bertz CT molecular complexity index is 387. The van der Waals surface area contributed by atoms with Crippen LogP contribution in [0.15, 0.2) is 42.6 Å². The van der Waals surface area contributed by atoms with Gasteiger partial charge in [-0.1, -0.05) is 62.9 Å². The lowest BCUT2D eigenvalue weighted by Gasteiger charge is -2.11. The van der Waals surface area contributed by atoms with Gasteiger partial charge in [0, 0.05) is 0 Å². The van der Waals surface area contributed by atoms with Gasteiger partial charge in [-0.3, -0.25) is 10.1 Å². The zero-order chi connectivity index (χ0) is 13.9. The van der Waals surface area contributed by atoms with Crippen molar-refractivity contribution in [2.75, 3.05) is 0 Å². The summed E-state index contributed by atoms with van der Waals surface area (Å²) in [6, 6.07) is 10.2. The summed E-state index contributed by atoms with van der Waals surface area (Å²) in [6.45, 7) is 2.19. The van der Waals surface area contributed by atoms with Crippen LogP contribution in [-0.2, 0) is 6.42 Å². The normalized spacial score (nSPS) is 12.7. The highest BCUT2D eigenvalue weighted by atomic mass is 16.6. The molecule has 0 aliphatic heterocycles. The quantitative estimate of drug-likeness (QED) is 0.370. The average molecular weight is 261 g/mol. The molecule has 0 saturated carbocycles. The van der Waals surface area contributed by atoms with Crippen molar-refractivity contribution in [1.82, 2.24) is 0 Å². The first-order valence-corrected chi connectivity index (χ1v) is 7.08. The van der Waals surface area contributed by atoms with Crippen LogP contribution in [0.2, 0.25) is 0 Å². The second-order valence-electron chi connectivity index (χ2n) is 4.93. The zero-order valence-corrected chi connectivity index (χ0v) is 11.6. The Morgan fingerprint density at radius 2 is 1.95 bits per heavy atom. The van der Waals surface area contributed by atoms with E-state index in [0.717, 1.165) is 25.5 Å². The number of unbranched alkanes of at least 4 members (excludes halogenated alkanes) is 3. The summed E-state index contributed by atoms with van der Waals surface area (Å²) in [6.07, 6.45) is 9.58. The van der Waals surface area contributed by atoms with Gasteiger partial charge < -0.3 is 0 Å². The highest BCUT2D eigenvalue weighted by Gasteiger charge is 2.07. The van der Waals surface area contributed by atoms with E-state index < -0.39 is 0 Å². The average Bonchev–Trinajstić information content (AvgIpc) is 2.41. The molecule has 1 unspecified atom stereocenters. The largest absolute Gasteiger partial charge is 0.259 e. The van der Waals surface area contributed by atoms with Gasteiger partial charge in [0.05, 0.1) is 4.92 Å². The van der Waals surface area contributed by atoms with Gasteiger partial charge in [-0.05, 0) is 30.4 Å². The number of nitrogens with zero attached hydrogens (tertiary/aromatic N) is 1. The molecule has 1 aromatic rings. The van der Waals surface area contributed by atoms with Crippen LogP contribution < -0.4 is 0 Å². The summed E-state index contributed by atoms with van der Waals surface area (Å²) in [5.41, 5.74) is 1.25. The third-order valence-corrected chi connectivity index (χ3v) is 3.25. The summed E-state index contributed by atoms with van der Waals surface area (Å²) in [5.74, 6) is 0.268. The molecule has 3 nitrogen and oxygen atoms in total. The Balaban J connectivity index is 2.51. The number of nitro groups is 1. The Hall–Kier alpha value is -1.64. The number of benzene rings is 1. The third kappa shape index (κ3) is 7.39. The van der Waals surface area contributed by atoms with Crippen LogP contribution in [0.25, 0.3) is 0 Å². The molecule has 0 aliphatic rings. The molecule has 3 heteroatoms. The SMILES string of the molecule is CCCCCCC(/C=C/[N+](=O)[O-])Cc1ccccc1. The first kappa shape index (κ1) is 15.4. The number of rotatable bonds is 9. The van der Waals surface area contributed by atoms with Crippen molar-refractivity contribution < 1.29 is 4.92 Å². The highest BCUT2D eigenvalue weighted by molar-refractivity contribution is 5.16. The summed E-state index contributed by atoms with van der Waals surface area (Å²) >= 11 is 0. The summed E-state index contributed by atoms with van der Waals surface area (Å²) < 4.78 is 0. The van der Waals surface area contributed by atoms with Crippen molar-refractivity contribution in [2.24, 2.45) is 5.92 Å². The molecule has 19 heavy (non-hydrogen) atoms. The van der Waals surface area contributed by atoms with E-state index in [2.05, 4.69) is 19.1 Å². The topological polar surface area (TPSA) is 43.1 Å². The molecule has 0 spiro atoms. The summed E-state index contributed by atoms with van der Waals surface area (Å²) in [7, 11) is 0. The summed E-state index contributed by atoms with van der Waals surface area (Å²) in [4.78, 5) is 10.1. The minimum absolute atomic E-state index is 0.268. The van der Waals surface area contributed by atoms with E-state index in [-0.39, 0.29) is 10.8 Å². The van der Waals surface area contributed by atoms with E-state index in [4.69, 9.17) is 0 Å². The Morgan fingerprint density at radius 1 is 1.21 bits per heavy atom. The fourth-order valence-electron chi connectivity index (χ4n) is 2.21. The molecule has 0 N–H and O–H groups in total. The second-order valence-corrected chi connectivity index (χ2v) is 4.93. The van der Waals surface area contributed by atoms with E-state index in [1.165, 1.54) is 24.8 Å². The first-order valence-electron chi connectivity index (χ1n) is 7.08. The minimum atomic E-state index is -0.371. The fraction of sp³-hybridized carbons (Fsp3) is 0.500. The standard InChI is InChI=1S/C16H23NO2/c1-2-3-4-6-11-16(12-13-17(18)19)14-15-9-7-5-8-10-15/h5,7-10,12-13,16H,2-4,6,11,14H2,1H3/b13-12+. The molecule has 0 aromatic heterocycles. The van der Waals surface area contributed by atoms with Crippen molar-refractivity contribution in [3.63, 3.8) is 0 Å². The second kappa shape index (κ2) is 9.31. The molecule has 0 fully saturated rings. The predicted octanol–water partition coefficient (Wildman–Crippen LogP) is 4.61. The molecule has 0 saturated heterocycles. The monoisotopic (exact) mass is 261 g/mol. The molecule has 104 valence electrons. The molecule has 0 bridgehead atoms. The van der Waals surface area contributed by atoms with Crippen molar-refractivity contribution in [3.8, 4) is 0 Å². The Morgan fingerprint density at radius 3 is 2.58 bits per heavy atom. The molecule has 0 radical (unpaired) electrons. The fourth-order valence-corrected chi connectivity index (χ4v) is 2.21. The maximum atomic E-state index is 10.5. The van der Waals surface area contributed by atoms with Crippen LogP contribution in [0.3, 0.4) is 0 Å². The maximum Gasteiger partial charge on any atom is 0.230 e. The predicted molar refractivity (Wildman–Crippen MR) is 78.5 cm³/mol. The lowest BCUT2D eigenvalue weighted by Crippen LogP contribution is -2.03. The van der Waals surface area contributed by atoms with E-state index >= 15 is 0 Å². The number of hydrogen-bond donors (Lipinski definition) is 0. The Labute approximate surface area is 115 Å². The van der Waals surface area contributed by atoms with Crippen LogP contribution in [0.5, 0.6) is 0 Å². The molecule has 1 aromatic carbocycles. The highest BCUT2D eigenvalue weighted by Crippen LogP contribution is 2.18. The van der Waals surface area contributed by atoms with Crippen LogP contribution in [0.4, 0.5) is 0 Å². The van der Waals surface area contributed by atoms with Crippen LogP contribution in [0, 0.1) is 16.0 Å². The minimum Gasteiger partial charge on any atom is -0.259 e. The lowest BCUT2D eigenvalue weighted by atomic mass is 9.93. The molecule has 0 amide bonds. The van der Waals surface area contributed by atoms with Crippen molar-refractivity contribution >= 4 is 0 Å². The molecular weight excluding hydrogens is 238 g/mol. The van der Waals surface area contributed by atoms with Gasteiger partial charge in [0.15, 0.2) is 0 Å². The van der Waals surface area contributed by atoms with Gasteiger partial charge in [-0.2, -0.15) is 0 Å². The van der Waals surface area contributed by atoms with Crippen LogP contribution >= 0.6 is 0 Å². The van der Waals surface area contributed by atoms with Gasteiger partial charge in [0.1, 0.15) is 0 Å². The summed E-state index contributed by atoms with van der Waals surface area (Å²) in [5, 5.41) is 10.5. The molecule has 0 aliphatic carbocycles. The maximum absolute atomic E-state index is 10.5. The smallest absolute Gasteiger partial charge is 0.230 e. The van der Waals surface area contributed by atoms with Gasteiger partial charge in [-0.25, -0.2) is 0 Å². The van der Waals surface area contributed by atoms with Crippen molar-refractivity contribution in [3.05, 3.63) is 58.3 Å². The van der Waals surface area contributed by atoms with Crippen molar-refractivity contribution in [1.29, 1.82) is 0 Å². The van der Waals surface area contributed by atoms with Crippen LogP contribution in [-0.4, -0.2) is 4.92 Å². The zero-order valence-electron chi connectivity index (χ0n) is 11.6. The Kier molecular flexibility index (Phi) is 7.56. The van der Waals surface area contributed by atoms with Gasteiger partial charge in [0.25, 0.3) is 0 Å². The lowest BCUT2D eigenvalue weighted by molar-refractivity contribution is -0.402. The van der Waals surface area contributed by atoms with Crippen molar-refractivity contribution in [2.45, 2.75) is 45.4 Å². The van der Waals surface area contributed by atoms with Gasteiger partial charge in [0.2, 0.25) is 6.20 Å². The molecular formula is C16H23NO2.